The minimum Gasteiger partial charge on any atom is -0.463 e. The molecule has 4 aliphatic heterocycles. The molecule has 0 aliphatic carbocycles. The lowest BCUT2D eigenvalue weighted by Gasteiger charge is -2.47. The van der Waals surface area contributed by atoms with Crippen LogP contribution in [0.1, 0.15) is 69.2 Å². The molecule has 16 atom stereocenters. The van der Waals surface area contributed by atoms with E-state index < -0.39 is 185 Å². The summed E-state index contributed by atoms with van der Waals surface area (Å²) in [6.07, 6.45) is -25.8. The van der Waals surface area contributed by atoms with E-state index in [0.29, 0.717) is 0 Å². The minimum atomic E-state index is -1.83. The van der Waals surface area contributed by atoms with Crippen molar-refractivity contribution >= 4 is 59.7 Å². The average molecular weight is 967 g/mol. The summed E-state index contributed by atoms with van der Waals surface area (Å²) in [5, 5.41) is 0. The SMILES string of the molecule is CC(=O)OCC1OC(OC2C(OC3OCC(OC(C)=O)C(OC(C)=O)C3OC(C)=O)COC(OC3COC(OC(C)=O)C(OC(C)=O)C3OC(C)=O)C2OC(C)=O)C(OC(C)=O)C1OC(C)=O. The highest BCUT2D eigenvalue weighted by atomic mass is 16.8. The standard InChI is InChI=1S/C40H54O27/c1-15(41)51-11-26-31(58-19(5)45)36(62-23(9)49)40(66-26)67-32-28(65-38-34(60-21(7)47)29(56-17(3)43)25(12-53-38)55-16(2)42)14-54-39(35(32)61-22(8)48)64-27-13-52-37(63-24(10)50)33(59-20(6)46)30(27)57-18(4)44/h25-40H,11-14H2,1-10H3. The van der Waals surface area contributed by atoms with Crippen molar-refractivity contribution in [2.75, 3.05) is 26.4 Å². The fourth-order valence-electron chi connectivity index (χ4n) is 7.35. The first-order valence-electron chi connectivity index (χ1n) is 20.6. The van der Waals surface area contributed by atoms with Crippen molar-refractivity contribution in [3.8, 4) is 0 Å². The fraction of sp³-hybridized carbons (Fsp3) is 0.750. The molecule has 0 spiro atoms. The zero-order chi connectivity index (χ0) is 49.9. The normalized spacial score (nSPS) is 33.6. The van der Waals surface area contributed by atoms with Crippen LogP contribution in [-0.2, 0) is 128 Å². The van der Waals surface area contributed by atoms with Crippen LogP contribution in [-0.4, -0.2) is 185 Å². The Balaban J connectivity index is 1.83. The van der Waals surface area contributed by atoms with E-state index in [-0.39, 0.29) is 0 Å². The van der Waals surface area contributed by atoms with Gasteiger partial charge in [-0.3, -0.25) is 47.9 Å². The molecule has 0 saturated carbocycles. The van der Waals surface area contributed by atoms with Crippen LogP contribution in [0.3, 0.4) is 0 Å². The van der Waals surface area contributed by atoms with Crippen LogP contribution < -0.4 is 0 Å². The lowest BCUT2D eigenvalue weighted by Crippen LogP contribution is -2.64. The minimum absolute atomic E-state index is 0.503. The molecule has 4 aliphatic rings. The topological polar surface area (TPSA) is 328 Å². The van der Waals surface area contributed by atoms with Crippen LogP contribution >= 0.6 is 0 Å². The summed E-state index contributed by atoms with van der Waals surface area (Å²) >= 11 is 0. The van der Waals surface area contributed by atoms with Gasteiger partial charge in [-0.2, -0.15) is 0 Å². The smallest absolute Gasteiger partial charge is 0.305 e. The van der Waals surface area contributed by atoms with Gasteiger partial charge in [0.2, 0.25) is 12.4 Å². The molecular weight excluding hydrogens is 912 g/mol. The Hall–Kier alpha value is -5.58. The second-order valence-electron chi connectivity index (χ2n) is 15.2. The lowest BCUT2D eigenvalue weighted by atomic mass is 10.0. The summed E-state index contributed by atoms with van der Waals surface area (Å²) in [5.41, 5.74) is 0. The van der Waals surface area contributed by atoms with Crippen LogP contribution in [0.2, 0.25) is 0 Å². The summed E-state index contributed by atoms with van der Waals surface area (Å²) in [4.78, 5) is 123. The van der Waals surface area contributed by atoms with Crippen LogP contribution in [0.5, 0.6) is 0 Å². The maximum Gasteiger partial charge on any atom is 0.305 e. The highest BCUT2D eigenvalue weighted by molar-refractivity contribution is 5.70. The number of carbonyl (C=O) groups excluding carboxylic acids is 10. The zero-order valence-corrected chi connectivity index (χ0v) is 38.1. The van der Waals surface area contributed by atoms with Crippen molar-refractivity contribution in [2.24, 2.45) is 0 Å². The molecule has 0 amide bonds. The van der Waals surface area contributed by atoms with Crippen molar-refractivity contribution in [1.29, 1.82) is 0 Å². The number of rotatable bonds is 17. The predicted octanol–water partition coefficient (Wildman–Crippen LogP) is -1.48. The summed E-state index contributed by atoms with van der Waals surface area (Å²) in [6, 6.07) is 0. The van der Waals surface area contributed by atoms with Gasteiger partial charge in [0.1, 0.15) is 31.0 Å². The average Bonchev–Trinajstić information content (AvgIpc) is 3.49. The van der Waals surface area contributed by atoms with E-state index >= 15 is 0 Å². The van der Waals surface area contributed by atoms with Crippen LogP contribution in [0.15, 0.2) is 0 Å². The third-order valence-electron chi connectivity index (χ3n) is 9.49. The van der Waals surface area contributed by atoms with E-state index in [0.717, 1.165) is 69.2 Å². The molecule has 0 N–H and O–H groups in total. The van der Waals surface area contributed by atoms with Crippen molar-refractivity contribution < 1.29 is 128 Å². The third-order valence-corrected chi connectivity index (χ3v) is 9.49. The number of hydrogen-bond donors (Lipinski definition) is 0. The molecule has 67 heavy (non-hydrogen) atoms. The van der Waals surface area contributed by atoms with Gasteiger partial charge in [-0.15, -0.1) is 0 Å². The lowest BCUT2D eigenvalue weighted by molar-refractivity contribution is -0.363. The Morgan fingerprint density at radius 3 is 1.09 bits per heavy atom. The van der Waals surface area contributed by atoms with E-state index in [1.54, 1.807) is 0 Å². The second kappa shape index (κ2) is 24.4. The van der Waals surface area contributed by atoms with Crippen molar-refractivity contribution in [1.82, 2.24) is 0 Å². The van der Waals surface area contributed by atoms with E-state index in [1.165, 1.54) is 0 Å². The molecule has 0 bridgehead atoms. The van der Waals surface area contributed by atoms with Crippen LogP contribution in [0.25, 0.3) is 0 Å². The first-order chi connectivity index (χ1) is 31.4. The quantitative estimate of drug-likeness (QED) is 0.118. The molecule has 376 valence electrons. The number of ether oxygens (including phenoxy) is 17. The second-order valence-corrected chi connectivity index (χ2v) is 15.2. The van der Waals surface area contributed by atoms with Gasteiger partial charge in [0.05, 0.1) is 19.8 Å². The number of esters is 10. The molecule has 0 radical (unpaired) electrons. The van der Waals surface area contributed by atoms with Gasteiger partial charge in [0.25, 0.3) is 0 Å². The predicted molar refractivity (Wildman–Crippen MR) is 205 cm³/mol. The molecule has 27 nitrogen and oxygen atoms in total. The summed E-state index contributed by atoms with van der Waals surface area (Å²) in [7, 11) is 0. The first-order valence-corrected chi connectivity index (χ1v) is 20.6. The largest absolute Gasteiger partial charge is 0.463 e. The van der Waals surface area contributed by atoms with E-state index in [1.807, 2.05) is 0 Å². The summed E-state index contributed by atoms with van der Waals surface area (Å²) in [6.45, 7) is 8.11. The van der Waals surface area contributed by atoms with Crippen LogP contribution in [0, 0.1) is 0 Å². The Morgan fingerprint density at radius 1 is 0.328 bits per heavy atom. The highest BCUT2D eigenvalue weighted by Gasteiger charge is 2.58. The fourth-order valence-corrected chi connectivity index (χ4v) is 7.35. The Bertz CT molecular complexity index is 1830. The monoisotopic (exact) mass is 966 g/mol. The van der Waals surface area contributed by atoms with Gasteiger partial charge in [-0.25, -0.2) is 0 Å². The molecular formula is C40H54O27. The Morgan fingerprint density at radius 2 is 0.657 bits per heavy atom. The van der Waals surface area contributed by atoms with Gasteiger partial charge >= 0.3 is 59.7 Å². The first kappa shape index (κ1) is 54.0. The molecule has 4 heterocycles. The van der Waals surface area contributed by atoms with Gasteiger partial charge in [-0.1, -0.05) is 0 Å². The van der Waals surface area contributed by atoms with E-state index in [4.69, 9.17) is 80.5 Å². The van der Waals surface area contributed by atoms with E-state index in [2.05, 4.69) is 0 Å². The molecule has 4 rings (SSSR count). The van der Waals surface area contributed by atoms with Crippen molar-refractivity contribution in [2.45, 2.75) is 168 Å². The van der Waals surface area contributed by atoms with Gasteiger partial charge in [0, 0.05) is 69.2 Å². The maximum atomic E-state index is 13.0. The summed E-state index contributed by atoms with van der Waals surface area (Å²) < 4.78 is 96.8. The van der Waals surface area contributed by atoms with Gasteiger partial charge < -0.3 is 80.5 Å². The number of hydrogen-bond acceptors (Lipinski definition) is 27. The molecule has 0 aromatic rings. The molecule has 0 aromatic heterocycles. The Kier molecular flexibility index (Phi) is 19.7. The molecule has 27 heteroatoms. The molecule has 4 saturated heterocycles. The van der Waals surface area contributed by atoms with Crippen LogP contribution in [0.4, 0.5) is 0 Å². The van der Waals surface area contributed by atoms with E-state index in [9.17, 15) is 47.9 Å². The van der Waals surface area contributed by atoms with Crippen molar-refractivity contribution in [3.05, 3.63) is 0 Å². The third kappa shape index (κ3) is 15.8. The highest BCUT2D eigenvalue weighted by Crippen LogP contribution is 2.37. The maximum absolute atomic E-state index is 13.0. The molecule has 16 unspecified atom stereocenters. The molecule has 0 aromatic carbocycles. The summed E-state index contributed by atoms with van der Waals surface area (Å²) in [5.74, 6) is -8.86. The molecule has 4 fully saturated rings. The number of carbonyl (C=O) groups is 10. The van der Waals surface area contributed by atoms with Gasteiger partial charge in [0.15, 0.2) is 61.6 Å². The van der Waals surface area contributed by atoms with Gasteiger partial charge in [-0.05, 0) is 0 Å². The zero-order valence-electron chi connectivity index (χ0n) is 38.1. The van der Waals surface area contributed by atoms with Crippen molar-refractivity contribution in [3.63, 3.8) is 0 Å². The Labute approximate surface area is 381 Å².